The summed E-state index contributed by atoms with van der Waals surface area (Å²) < 4.78 is 1.71. The Morgan fingerprint density at radius 1 is 1.73 bits per heavy atom. The van der Waals surface area contributed by atoms with E-state index in [0.717, 1.165) is 19.3 Å². The van der Waals surface area contributed by atoms with Crippen LogP contribution in [0.25, 0.3) is 0 Å². The molecule has 1 heterocycles. The second kappa shape index (κ2) is 4.13. The SMILES string of the molecule is O=Cc1cnn(CCCCl)c1. The van der Waals surface area contributed by atoms with Gasteiger partial charge in [-0.1, -0.05) is 0 Å². The summed E-state index contributed by atoms with van der Waals surface area (Å²) in [5, 5.41) is 3.95. The van der Waals surface area contributed by atoms with Crippen LogP contribution in [0.5, 0.6) is 0 Å². The fourth-order valence-corrected chi connectivity index (χ4v) is 0.904. The van der Waals surface area contributed by atoms with E-state index < -0.39 is 0 Å². The van der Waals surface area contributed by atoms with Crippen LogP contribution in [0.3, 0.4) is 0 Å². The number of hydrogen-bond acceptors (Lipinski definition) is 2. The van der Waals surface area contributed by atoms with E-state index in [4.69, 9.17) is 11.6 Å². The number of aldehydes is 1. The zero-order valence-corrected chi connectivity index (χ0v) is 6.79. The molecule has 60 valence electrons. The standard InChI is InChI=1S/C7H9ClN2O/c8-2-1-3-10-5-7(6-11)4-9-10/h4-6H,1-3H2. The van der Waals surface area contributed by atoms with Gasteiger partial charge in [0.05, 0.1) is 11.8 Å². The van der Waals surface area contributed by atoms with Gasteiger partial charge in [0.1, 0.15) is 0 Å². The molecule has 0 aliphatic heterocycles. The van der Waals surface area contributed by atoms with Crippen molar-refractivity contribution in [2.45, 2.75) is 13.0 Å². The monoisotopic (exact) mass is 172 g/mol. The summed E-state index contributed by atoms with van der Waals surface area (Å²) in [6, 6.07) is 0. The number of carbonyl (C=O) groups is 1. The number of aryl methyl sites for hydroxylation is 1. The van der Waals surface area contributed by atoms with Gasteiger partial charge in [0.25, 0.3) is 0 Å². The van der Waals surface area contributed by atoms with Gasteiger partial charge in [-0.2, -0.15) is 5.10 Å². The zero-order valence-electron chi connectivity index (χ0n) is 6.03. The summed E-state index contributed by atoms with van der Waals surface area (Å²) in [6.07, 6.45) is 4.91. The molecule has 0 bridgehead atoms. The summed E-state index contributed by atoms with van der Waals surface area (Å²) in [5.41, 5.74) is 0.611. The van der Waals surface area contributed by atoms with E-state index in [-0.39, 0.29) is 0 Å². The molecule has 0 aliphatic rings. The van der Waals surface area contributed by atoms with E-state index in [1.54, 1.807) is 17.1 Å². The number of aromatic nitrogens is 2. The van der Waals surface area contributed by atoms with Crippen LogP contribution in [-0.4, -0.2) is 21.9 Å². The van der Waals surface area contributed by atoms with Crippen LogP contribution >= 0.6 is 11.6 Å². The third-order valence-corrected chi connectivity index (χ3v) is 1.58. The summed E-state index contributed by atoms with van der Waals surface area (Å²) in [7, 11) is 0. The first-order chi connectivity index (χ1) is 5.36. The van der Waals surface area contributed by atoms with Crippen LogP contribution in [0.15, 0.2) is 12.4 Å². The number of halogens is 1. The molecule has 0 atom stereocenters. The van der Waals surface area contributed by atoms with E-state index in [2.05, 4.69) is 5.10 Å². The van der Waals surface area contributed by atoms with Gasteiger partial charge in [0, 0.05) is 18.6 Å². The second-order valence-electron chi connectivity index (χ2n) is 2.20. The predicted molar refractivity (Wildman–Crippen MR) is 43.0 cm³/mol. The lowest BCUT2D eigenvalue weighted by Crippen LogP contribution is -1.98. The molecule has 0 amide bonds. The Morgan fingerprint density at radius 3 is 3.09 bits per heavy atom. The second-order valence-corrected chi connectivity index (χ2v) is 2.58. The summed E-state index contributed by atoms with van der Waals surface area (Å²) >= 11 is 5.48. The van der Waals surface area contributed by atoms with Crippen molar-refractivity contribution in [2.75, 3.05) is 5.88 Å². The average molecular weight is 173 g/mol. The lowest BCUT2D eigenvalue weighted by Gasteiger charge is -1.95. The highest BCUT2D eigenvalue weighted by atomic mass is 35.5. The van der Waals surface area contributed by atoms with Gasteiger partial charge in [0.15, 0.2) is 6.29 Å². The van der Waals surface area contributed by atoms with E-state index in [9.17, 15) is 4.79 Å². The molecule has 0 N–H and O–H groups in total. The zero-order chi connectivity index (χ0) is 8.10. The van der Waals surface area contributed by atoms with Gasteiger partial charge in [-0.3, -0.25) is 9.48 Å². The summed E-state index contributed by atoms with van der Waals surface area (Å²) in [5.74, 6) is 0.621. The highest BCUT2D eigenvalue weighted by Gasteiger charge is 1.94. The Morgan fingerprint density at radius 2 is 2.55 bits per heavy atom. The normalized spacial score (nSPS) is 9.91. The van der Waals surface area contributed by atoms with Crippen LogP contribution < -0.4 is 0 Å². The molecular weight excluding hydrogens is 164 g/mol. The van der Waals surface area contributed by atoms with Crippen molar-refractivity contribution in [1.82, 2.24) is 9.78 Å². The minimum atomic E-state index is 0.611. The highest BCUT2D eigenvalue weighted by Crippen LogP contribution is 1.95. The molecule has 0 spiro atoms. The van der Waals surface area contributed by atoms with Crippen molar-refractivity contribution in [3.63, 3.8) is 0 Å². The molecule has 11 heavy (non-hydrogen) atoms. The molecule has 1 aromatic rings. The molecule has 3 nitrogen and oxygen atoms in total. The Labute approximate surface area is 70.0 Å². The largest absolute Gasteiger partial charge is 0.298 e. The van der Waals surface area contributed by atoms with Gasteiger partial charge in [-0.15, -0.1) is 11.6 Å². The lowest BCUT2D eigenvalue weighted by atomic mass is 10.4. The minimum Gasteiger partial charge on any atom is -0.298 e. The Hall–Kier alpha value is -0.830. The van der Waals surface area contributed by atoms with Crippen LogP contribution in [0.4, 0.5) is 0 Å². The van der Waals surface area contributed by atoms with Crippen LogP contribution in [0, 0.1) is 0 Å². The molecule has 1 aromatic heterocycles. The quantitative estimate of drug-likeness (QED) is 0.507. The third kappa shape index (κ3) is 2.35. The van der Waals surface area contributed by atoms with E-state index in [1.807, 2.05) is 0 Å². The Balaban J connectivity index is 2.51. The molecule has 4 heteroatoms. The van der Waals surface area contributed by atoms with Crippen molar-refractivity contribution < 1.29 is 4.79 Å². The van der Waals surface area contributed by atoms with Gasteiger partial charge in [-0.25, -0.2) is 0 Å². The lowest BCUT2D eigenvalue weighted by molar-refractivity contribution is 0.112. The van der Waals surface area contributed by atoms with E-state index in [1.165, 1.54) is 0 Å². The maximum absolute atomic E-state index is 10.2. The maximum atomic E-state index is 10.2. The third-order valence-electron chi connectivity index (χ3n) is 1.31. The first-order valence-electron chi connectivity index (χ1n) is 3.40. The average Bonchev–Trinajstić information content (AvgIpc) is 2.48. The van der Waals surface area contributed by atoms with Crippen molar-refractivity contribution in [1.29, 1.82) is 0 Å². The van der Waals surface area contributed by atoms with Crippen LogP contribution in [0.1, 0.15) is 16.8 Å². The molecule has 0 unspecified atom stereocenters. The Bertz CT molecular complexity index is 234. The highest BCUT2D eigenvalue weighted by molar-refractivity contribution is 6.17. The smallest absolute Gasteiger partial charge is 0.153 e. The molecule has 0 aromatic carbocycles. The summed E-state index contributed by atoms with van der Waals surface area (Å²) in [6.45, 7) is 0.775. The fourth-order valence-electron chi connectivity index (χ4n) is 0.784. The number of rotatable bonds is 4. The van der Waals surface area contributed by atoms with Crippen molar-refractivity contribution in [3.05, 3.63) is 18.0 Å². The Kier molecular flexibility index (Phi) is 3.11. The van der Waals surface area contributed by atoms with Crippen LogP contribution in [-0.2, 0) is 6.54 Å². The molecular formula is C7H9ClN2O. The molecule has 1 rings (SSSR count). The first-order valence-corrected chi connectivity index (χ1v) is 3.94. The van der Waals surface area contributed by atoms with Gasteiger partial charge in [-0.05, 0) is 6.42 Å². The maximum Gasteiger partial charge on any atom is 0.153 e. The molecule has 0 fully saturated rings. The topological polar surface area (TPSA) is 34.9 Å². The van der Waals surface area contributed by atoms with Crippen molar-refractivity contribution >= 4 is 17.9 Å². The molecule has 0 radical (unpaired) electrons. The van der Waals surface area contributed by atoms with Crippen LogP contribution in [0.2, 0.25) is 0 Å². The van der Waals surface area contributed by atoms with Gasteiger partial charge >= 0.3 is 0 Å². The number of alkyl halides is 1. The molecule has 0 saturated heterocycles. The molecule has 0 saturated carbocycles. The van der Waals surface area contributed by atoms with Crippen molar-refractivity contribution in [2.24, 2.45) is 0 Å². The number of carbonyl (C=O) groups excluding carboxylic acids is 1. The minimum absolute atomic E-state index is 0.611. The fraction of sp³-hybridized carbons (Fsp3) is 0.429. The first kappa shape index (κ1) is 8.27. The van der Waals surface area contributed by atoms with Crippen molar-refractivity contribution in [3.8, 4) is 0 Å². The number of nitrogens with zero attached hydrogens (tertiary/aromatic N) is 2. The van der Waals surface area contributed by atoms with E-state index >= 15 is 0 Å². The van der Waals surface area contributed by atoms with Gasteiger partial charge in [0.2, 0.25) is 0 Å². The summed E-state index contributed by atoms with van der Waals surface area (Å²) in [4.78, 5) is 10.2. The van der Waals surface area contributed by atoms with E-state index in [0.29, 0.717) is 11.4 Å². The predicted octanol–water partition coefficient (Wildman–Crippen LogP) is 1.32. The van der Waals surface area contributed by atoms with Gasteiger partial charge < -0.3 is 0 Å². The number of hydrogen-bond donors (Lipinski definition) is 0. The molecule has 0 aliphatic carbocycles.